The molecule has 1 aromatic carbocycles. The Bertz CT molecular complexity index is 814. The van der Waals surface area contributed by atoms with Crippen molar-refractivity contribution in [3.8, 4) is 0 Å². The Balaban J connectivity index is 1.95. The highest BCUT2D eigenvalue weighted by molar-refractivity contribution is 6.50. The highest BCUT2D eigenvalue weighted by atomic mass is 16.6. The Labute approximate surface area is 144 Å². The maximum absolute atomic E-state index is 12.9. The minimum Gasteiger partial charge on any atom is -0.480 e. The van der Waals surface area contributed by atoms with Crippen LogP contribution in [0.5, 0.6) is 0 Å². The van der Waals surface area contributed by atoms with E-state index in [2.05, 4.69) is 10.5 Å². The van der Waals surface area contributed by atoms with Crippen LogP contribution in [0.15, 0.2) is 29.4 Å². The van der Waals surface area contributed by atoms with Gasteiger partial charge in [0.05, 0.1) is 10.6 Å². The standard InChI is InChI=1S/C17H19N3O5/c1-15(2)16(3)8-9-17(15,14(22)23)13(21)12(16)19-18-10-4-6-11(7-5-10)20(24)25/h4-7,18H,8-9H2,1-3H3,(H,22,23)/b19-12+. The van der Waals surface area contributed by atoms with Crippen LogP contribution in [0, 0.1) is 26.4 Å². The van der Waals surface area contributed by atoms with E-state index in [0.29, 0.717) is 18.5 Å². The van der Waals surface area contributed by atoms with Gasteiger partial charge in [0.1, 0.15) is 11.1 Å². The molecule has 25 heavy (non-hydrogen) atoms. The minimum absolute atomic E-state index is 0.0490. The third-order valence-corrected chi connectivity index (χ3v) is 6.31. The fraction of sp³-hybridized carbons (Fsp3) is 0.471. The zero-order valence-corrected chi connectivity index (χ0v) is 14.2. The van der Waals surface area contributed by atoms with Gasteiger partial charge >= 0.3 is 5.97 Å². The average molecular weight is 345 g/mol. The minimum atomic E-state index is -1.45. The Morgan fingerprint density at radius 3 is 2.32 bits per heavy atom. The van der Waals surface area contributed by atoms with Gasteiger partial charge in [-0.15, -0.1) is 0 Å². The number of nitro groups is 1. The van der Waals surface area contributed by atoms with Crippen molar-refractivity contribution in [2.45, 2.75) is 33.6 Å². The van der Waals surface area contributed by atoms with Gasteiger partial charge in [0.2, 0.25) is 0 Å². The van der Waals surface area contributed by atoms with E-state index >= 15 is 0 Å². The molecule has 1 aromatic rings. The van der Waals surface area contributed by atoms with Gasteiger partial charge < -0.3 is 5.11 Å². The molecule has 8 nitrogen and oxygen atoms in total. The molecule has 2 aliphatic rings. The summed E-state index contributed by atoms with van der Waals surface area (Å²) in [5, 5.41) is 24.6. The SMILES string of the molecule is CC12CCC(C(=O)O)(C(=O)/C1=N\Nc1ccc([N+](=O)[O-])cc1)C2(C)C. The Morgan fingerprint density at radius 1 is 1.24 bits per heavy atom. The number of benzene rings is 1. The lowest BCUT2D eigenvalue weighted by atomic mass is 9.65. The van der Waals surface area contributed by atoms with Gasteiger partial charge in [0.15, 0.2) is 5.78 Å². The number of Topliss-reactive ketones (excluding diaryl/α,β-unsaturated/α-hetero) is 1. The predicted octanol–water partition coefficient (Wildman–Crippen LogP) is 2.84. The number of hydrazone groups is 1. The summed E-state index contributed by atoms with van der Waals surface area (Å²) in [4.78, 5) is 35.0. The fourth-order valence-corrected chi connectivity index (χ4v) is 4.22. The molecule has 2 aliphatic carbocycles. The number of carbonyl (C=O) groups is 2. The first kappa shape index (κ1) is 17.1. The van der Waals surface area contributed by atoms with E-state index in [9.17, 15) is 24.8 Å². The molecule has 2 unspecified atom stereocenters. The molecule has 2 N–H and O–H groups in total. The van der Waals surface area contributed by atoms with Crippen LogP contribution in [0.3, 0.4) is 0 Å². The lowest BCUT2D eigenvalue weighted by Gasteiger charge is -2.36. The van der Waals surface area contributed by atoms with E-state index < -0.39 is 32.9 Å². The third kappa shape index (κ3) is 1.96. The molecule has 2 atom stereocenters. The zero-order chi connectivity index (χ0) is 18.6. The summed E-state index contributed by atoms with van der Waals surface area (Å²) < 4.78 is 0. The second-order valence-corrected chi connectivity index (χ2v) is 7.37. The number of hydrogen-bond donors (Lipinski definition) is 2. The van der Waals surface area contributed by atoms with Crippen LogP contribution in [0.1, 0.15) is 33.6 Å². The van der Waals surface area contributed by atoms with E-state index in [4.69, 9.17) is 0 Å². The molecule has 0 heterocycles. The van der Waals surface area contributed by atoms with Gasteiger partial charge in [0.25, 0.3) is 5.69 Å². The van der Waals surface area contributed by atoms with Crippen molar-refractivity contribution in [1.82, 2.24) is 0 Å². The van der Waals surface area contributed by atoms with E-state index in [0.717, 1.165) is 0 Å². The number of hydrogen-bond acceptors (Lipinski definition) is 6. The van der Waals surface area contributed by atoms with Crippen LogP contribution in [0.2, 0.25) is 0 Å². The lowest BCUT2D eigenvalue weighted by molar-refractivity contribution is -0.384. The Kier molecular flexibility index (Phi) is 3.49. The second kappa shape index (κ2) is 5.11. The Hall–Kier alpha value is -2.77. The van der Waals surface area contributed by atoms with E-state index in [1.807, 2.05) is 6.92 Å². The van der Waals surface area contributed by atoms with Crippen molar-refractivity contribution in [3.05, 3.63) is 34.4 Å². The molecular formula is C17H19N3O5. The molecule has 0 saturated heterocycles. The number of carbonyl (C=O) groups excluding carboxylic acids is 1. The summed E-state index contributed by atoms with van der Waals surface area (Å²) in [6.07, 6.45) is 0.875. The summed E-state index contributed by atoms with van der Waals surface area (Å²) in [5.41, 5.74) is 0.561. The lowest BCUT2D eigenvalue weighted by Crippen LogP contribution is -2.44. The number of rotatable bonds is 4. The molecule has 132 valence electrons. The second-order valence-electron chi connectivity index (χ2n) is 7.37. The molecule has 3 rings (SSSR count). The molecular weight excluding hydrogens is 326 g/mol. The number of nitrogens with one attached hydrogen (secondary N) is 1. The first-order chi connectivity index (χ1) is 11.6. The van der Waals surface area contributed by atoms with Crippen LogP contribution in [0.4, 0.5) is 11.4 Å². The van der Waals surface area contributed by atoms with Crippen LogP contribution >= 0.6 is 0 Å². The maximum atomic E-state index is 12.9. The van der Waals surface area contributed by atoms with Crippen molar-refractivity contribution in [2.24, 2.45) is 21.3 Å². The molecule has 2 fully saturated rings. The van der Waals surface area contributed by atoms with E-state index in [1.165, 1.54) is 24.3 Å². The first-order valence-corrected chi connectivity index (χ1v) is 7.95. The normalized spacial score (nSPS) is 31.3. The molecule has 2 bridgehead atoms. The van der Waals surface area contributed by atoms with Crippen molar-refractivity contribution >= 4 is 28.8 Å². The summed E-state index contributed by atoms with van der Waals surface area (Å²) in [5.74, 6) is -1.56. The number of nitrogens with zero attached hydrogens (tertiary/aromatic N) is 2. The number of ketones is 1. The summed E-state index contributed by atoms with van der Waals surface area (Å²) in [6, 6.07) is 5.63. The highest BCUT2D eigenvalue weighted by Gasteiger charge is 2.77. The Morgan fingerprint density at radius 2 is 1.84 bits per heavy atom. The van der Waals surface area contributed by atoms with E-state index in [-0.39, 0.29) is 11.4 Å². The molecule has 0 spiro atoms. The van der Waals surface area contributed by atoms with Gasteiger partial charge in [-0.1, -0.05) is 20.8 Å². The number of aliphatic carboxylic acids is 1. The van der Waals surface area contributed by atoms with Gasteiger partial charge in [0, 0.05) is 17.5 Å². The summed E-state index contributed by atoms with van der Waals surface area (Å²) in [6.45, 7) is 5.49. The van der Waals surface area contributed by atoms with Gasteiger partial charge in [-0.3, -0.25) is 25.1 Å². The van der Waals surface area contributed by atoms with Gasteiger partial charge in [-0.2, -0.15) is 5.10 Å². The van der Waals surface area contributed by atoms with Crippen molar-refractivity contribution < 1.29 is 19.6 Å². The average Bonchev–Trinajstić information content (AvgIpc) is 2.82. The van der Waals surface area contributed by atoms with Crippen molar-refractivity contribution in [3.63, 3.8) is 0 Å². The maximum Gasteiger partial charge on any atom is 0.318 e. The molecule has 0 radical (unpaired) electrons. The van der Waals surface area contributed by atoms with Crippen molar-refractivity contribution in [2.75, 3.05) is 5.43 Å². The quantitative estimate of drug-likeness (QED) is 0.491. The van der Waals surface area contributed by atoms with Gasteiger partial charge in [-0.05, 0) is 30.4 Å². The fourth-order valence-electron chi connectivity index (χ4n) is 4.22. The summed E-state index contributed by atoms with van der Waals surface area (Å²) >= 11 is 0. The number of carboxylic acids is 1. The number of anilines is 1. The monoisotopic (exact) mass is 345 g/mol. The zero-order valence-electron chi connectivity index (χ0n) is 14.2. The van der Waals surface area contributed by atoms with E-state index in [1.54, 1.807) is 13.8 Å². The number of fused-ring (bicyclic) bond motifs is 2. The largest absolute Gasteiger partial charge is 0.480 e. The van der Waals surface area contributed by atoms with Crippen LogP contribution in [-0.4, -0.2) is 27.5 Å². The smallest absolute Gasteiger partial charge is 0.318 e. The molecule has 0 amide bonds. The van der Waals surface area contributed by atoms with Crippen molar-refractivity contribution in [1.29, 1.82) is 0 Å². The summed E-state index contributed by atoms with van der Waals surface area (Å²) in [7, 11) is 0. The molecule has 0 aromatic heterocycles. The number of non-ortho nitro benzene ring substituents is 1. The highest BCUT2D eigenvalue weighted by Crippen LogP contribution is 2.69. The third-order valence-electron chi connectivity index (χ3n) is 6.31. The topological polar surface area (TPSA) is 122 Å². The van der Waals surface area contributed by atoms with Crippen LogP contribution in [0.25, 0.3) is 0 Å². The predicted molar refractivity (Wildman–Crippen MR) is 90.4 cm³/mol. The van der Waals surface area contributed by atoms with Gasteiger partial charge in [-0.25, -0.2) is 0 Å². The molecule has 8 heteroatoms. The number of nitro benzene ring substituents is 1. The van der Waals surface area contributed by atoms with Crippen LogP contribution in [-0.2, 0) is 9.59 Å². The molecule has 2 saturated carbocycles. The molecule has 0 aliphatic heterocycles. The number of carboxylic acid groups (broad SMARTS) is 1. The van der Waals surface area contributed by atoms with Crippen LogP contribution < -0.4 is 5.43 Å². The first-order valence-electron chi connectivity index (χ1n) is 7.95.